The molecule has 0 aliphatic carbocycles. The second-order valence-electron chi connectivity index (χ2n) is 5.99. The molecule has 2 heterocycles. The smallest absolute Gasteiger partial charge is 0.246 e. The van der Waals surface area contributed by atoms with Crippen molar-refractivity contribution in [2.24, 2.45) is 0 Å². The zero-order valence-electron chi connectivity index (χ0n) is 14.4. The summed E-state index contributed by atoms with van der Waals surface area (Å²) >= 11 is 0. The molecule has 2 aliphatic rings. The first-order valence-electron chi connectivity index (χ1n) is 8.48. The van der Waals surface area contributed by atoms with Crippen LogP contribution in [0.25, 0.3) is 6.08 Å². The number of benzene rings is 2. The van der Waals surface area contributed by atoms with Gasteiger partial charge in [0.1, 0.15) is 0 Å². The lowest BCUT2D eigenvalue weighted by Crippen LogP contribution is -2.28. The lowest BCUT2D eigenvalue weighted by atomic mass is 10.1. The Morgan fingerprint density at radius 1 is 0.962 bits per heavy atom. The average Bonchev–Trinajstić information content (AvgIpc) is 3.32. The fourth-order valence-corrected chi connectivity index (χ4v) is 2.89. The van der Waals surface area contributed by atoms with Gasteiger partial charge in [0, 0.05) is 19.2 Å². The maximum absolute atomic E-state index is 12.5. The number of fused-ring (bicyclic) bond motifs is 2. The van der Waals surface area contributed by atoms with Crippen LogP contribution < -0.4 is 18.9 Å². The molecule has 26 heavy (non-hydrogen) atoms. The van der Waals surface area contributed by atoms with Crippen LogP contribution in [0.15, 0.2) is 42.5 Å². The second-order valence-corrected chi connectivity index (χ2v) is 5.99. The van der Waals surface area contributed by atoms with E-state index >= 15 is 0 Å². The van der Waals surface area contributed by atoms with Crippen LogP contribution in [0.2, 0.25) is 0 Å². The Morgan fingerprint density at radius 3 is 2.35 bits per heavy atom. The molecule has 0 radical (unpaired) electrons. The number of carbonyl (C=O) groups excluding carboxylic acids is 1. The van der Waals surface area contributed by atoms with E-state index in [-0.39, 0.29) is 19.5 Å². The Labute approximate surface area is 151 Å². The molecule has 0 saturated heterocycles. The number of hydrogen-bond donors (Lipinski definition) is 0. The van der Waals surface area contributed by atoms with E-state index in [1.807, 2.05) is 43.3 Å². The van der Waals surface area contributed by atoms with Crippen molar-refractivity contribution in [3.05, 3.63) is 53.6 Å². The summed E-state index contributed by atoms with van der Waals surface area (Å²) in [5, 5.41) is 0. The minimum absolute atomic E-state index is 0.0529. The maximum atomic E-state index is 12.5. The quantitative estimate of drug-likeness (QED) is 0.773. The summed E-state index contributed by atoms with van der Waals surface area (Å²) < 4.78 is 21.4. The molecule has 2 aliphatic heterocycles. The Kier molecular flexibility index (Phi) is 4.39. The van der Waals surface area contributed by atoms with Crippen molar-refractivity contribution in [3.8, 4) is 23.0 Å². The van der Waals surface area contributed by atoms with Crippen LogP contribution in [0, 0.1) is 0 Å². The minimum Gasteiger partial charge on any atom is -0.454 e. The van der Waals surface area contributed by atoms with E-state index in [9.17, 15) is 4.79 Å². The van der Waals surface area contributed by atoms with Crippen LogP contribution in [0.4, 0.5) is 0 Å². The summed E-state index contributed by atoms with van der Waals surface area (Å²) in [7, 11) is 0. The highest BCUT2D eigenvalue weighted by Gasteiger charge is 2.16. The fraction of sp³-hybridized carbons (Fsp3) is 0.250. The zero-order valence-corrected chi connectivity index (χ0v) is 14.4. The summed E-state index contributed by atoms with van der Waals surface area (Å²) in [5.74, 6) is 2.84. The third-order valence-electron chi connectivity index (χ3n) is 4.32. The molecule has 0 fully saturated rings. The highest BCUT2D eigenvalue weighted by Crippen LogP contribution is 2.33. The molecule has 0 spiro atoms. The fourth-order valence-electron chi connectivity index (χ4n) is 2.89. The SMILES string of the molecule is CCN(Cc1ccc2c(c1)OCO2)C(=O)/C=C/c1ccc2c(c1)OCO2. The molecule has 6 heteroatoms. The number of carbonyl (C=O) groups is 1. The molecule has 4 rings (SSSR count). The molecule has 2 aromatic carbocycles. The van der Waals surface area contributed by atoms with E-state index in [4.69, 9.17) is 18.9 Å². The topological polar surface area (TPSA) is 57.2 Å². The van der Waals surface area contributed by atoms with Crippen molar-refractivity contribution in [2.75, 3.05) is 20.1 Å². The maximum Gasteiger partial charge on any atom is 0.246 e. The predicted molar refractivity (Wildman–Crippen MR) is 95.3 cm³/mol. The van der Waals surface area contributed by atoms with E-state index in [1.54, 1.807) is 17.1 Å². The molecule has 6 nitrogen and oxygen atoms in total. The molecular formula is C20H19NO5. The lowest BCUT2D eigenvalue weighted by Gasteiger charge is -2.19. The van der Waals surface area contributed by atoms with E-state index < -0.39 is 0 Å². The summed E-state index contributed by atoms with van der Waals surface area (Å²) in [6.45, 7) is 3.56. The van der Waals surface area contributed by atoms with Gasteiger partial charge in [-0.25, -0.2) is 0 Å². The summed E-state index contributed by atoms with van der Waals surface area (Å²) in [6.07, 6.45) is 3.36. The average molecular weight is 353 g/mol. The highest BCUT2D eigenvalue weighted by molar-refractivity contribution is 5.91. The Morgan fingerprint density at radius 2 is 1.62 bits per heavy atom. The number of nitrogens with zero attached hydrogens (tertiary/aromatic N) is 1. The van der Waals surface area contributed by atoms with Gasteiger partial charge in [-0.2, -0.15) is 0 Å². The highest BCUT2D eigenvalue weighted by atomic mass is 16.7. The van der Waals surface area contributed by atoms with Gasteiger partial charge < -0.3 is 23.8 Å². The molecule has 0 aromatic heterocycles. The van der Waals surface area contributed by atoms with Crippen LogP contribution in [0.3, 0.4) is 0 Å². The van der Waals surface area contributed by atoms with Gasteiger partial charge in [-0.3, -0.25) is 4.79 Å². The van der Waals surface area contributed by atoms with Gasteiger partial charge >= 0.3 is 0 Å². The first kappa shape index (κ1) is 16.3. The molecular weight excluding hydrogens is 334 g/mol. The number of ether oxygens (including phenoxy) is 4. The third kappa shape index (κ3) is 3.31. The van der Waals surface area contributed by atoms with Crippen molar-refractivity contribution in [1.29, 1.82) is 0 Å². The van der Waals surface area contributed by atoms with Crippen LogP contribution in [-0.2, 0) is 11.3 Å². The molecule has 134 valence electrons. The predicted octanol–water partition coefficient (Wildman–Crippen LogP) is 3.21. The van der Waals surface area contributed by atoms with Gasteiger partial charge in [0.05, 0.1) is 0 Å². The number of rotatable bonds is 5. The first-order chi connectivity index (χ1) is 12.7. The number of amides is 1. The number of hydrogen-bond acceptors (Lipinski definition) is 5. The van der Waals surface area contributed by atoms with Crippen molar-refractivity contribution in [1.82, 2.24) is 4.90 Å². The summed E-state index contributed by atoms with van der Waals surface area (Å²) in [6, 6.07) is 11.3. The van der Waals surface area contributed by atoms with Gasteiger partial charge in [0.15, 0.2) is 23.0 Å². The lowest BCUT2D eigenvalue weighted by molar-refractivity contribution is -0.126. The van der Waals surface area contributed by atoms with Gasteiger partial charge in [0.25, 0.3) is 0 Å². The third-order valence-corrected chi connectivity index (χ3v) is 4.32. The van der Waals surface area contributed by atoms with E-state index in [0.29, 0.717) is 18.8 Å². The Hall–Kier alpha value is -3.15. The summed E-state index contributed by atoms with van der Waals surface area (Å²) in [4.78, 5) is 14.3. The molecule has 0 saturated carbocycles. The van der Waals surface area contributed by atoms with Gasteiger partial charge in [-0.1, -0.05) is 12.1 Å². The van der Waals surface area contributed by atoms with Crippen LogP contribution in [0.5, 0.6) is 23.0 Å². The molecule has 0 bridgehead atoms. The van der Waals surface area contributed by atoms with E-state index in [1.165, 1.54) is 0 Å². The van der Waals surface area contributed by atoms with E-state index in [0.717, 1.165) is 28.4 Å². The minimum atomic E-state index is -0.0529. The molecule has 0 N–H and O–H groups in total. The van der Waals surface area contributed by atoms with Crippen molar-refractivity contribution in [3.63, 3.8) is 0 Å². The zero-order chi connectivity index (χ0) is 17.9. The summed E-state index contributed by atoms with van der Waals surface area (Å²) in [5.41, 5.74) is 1.89. The first-order valence-corrected chi connectivity index (χ1v) is 8.48. The van der Waals surface area contributed by atoms with Crippen molar-refractivity contribution < 1.29 is 23.7 Å². The van der Waals surface area contributed by atoms with Crippen LogP contribution >= 0.6 is 0 Å². The Balaban J connectivity index is 1.43. The number of likely N-dealkylation sites (N-methyl/N-ethyl adjacent to an activating group) is 1. The van der Waals surface area contributed by atoms with E-state index in [2.05, 4.69) is 0 Å². The van der Waals surface area contributed by atoms with Gasteiger partial charge in [0.2, 0.25) is 19.5 Å². The second kappa shape index (κ2) is 7.00. The van der Waals surface area contributed by atoms with Crippen molar-refractivity contribution >= 4 is 12.0 Å². The normalized spacial score (nSPS) is 14.0. The molecule has 1 amide bonds. The standard InChI is InChI=1S/C20H19NO5/c1-2-21(11-15-4-7-17-19(10-15)26-13-24-17)20(22)8-5-14-3-6-16-18(9-14)25-12-23-16/h3-10H,2,11-13H2,1H3/b8-5+. The van der Waals surface area contributed by atoms with Crippen LogP contribution in [0.1, 0.15) is 18.1 Å². The van der Waals surface area contributed by atoms with Gasteiger partial charge in [-0.05, 0) is 48.4 Å². The molecule has 0 unspecified atom stereocenters. The molecule has 0 atom stereocenters. The van der Waals surface area contributed by atoms with Crippen molar-refractivity contribution in [2.45, 2.75) is 13.5 Å². The van der Waals surface area contributed by atoms with Crippen LogP contribution in [-0.4, -0.2) is 30.9 Å². The van der Waals surface area contributed by atoms with Gasteiger partial charge in [-0.15, -0.1) is 0 Å². The largest absolute Gasteiger partial charge is 0.454 e. The molecule has 2 aromatic rings. The monoisotopic (exact) mass is 353 g/mol. The Bertz CT molecular complexity index is 861.